The Morgan fingerprint density at radius 3 is 2.25 bits per heavy atom. The van der Waals surface area contributed by atoms with Crippen molar-refractivity contribution < 1.29 is 5.11 Å². The molecule has 90 valence electrons. The van der Waals surface area contributed by atoms with E-state index in [0.29, 0.717) is 5.92 Å². The predicted molar refractivity (Wildman–Crippen MR) is 69.8 cm³/mol. The Bertz CT molecular complexity index is 287. The number of hydrogen-bond donors (Lipinski definition) is 1. The first-order valence-corrected chi connectivity index (χ1v) is 6.40. The maximum atomic E-state index is 9.45. The van der Waals surface area contributed by atoms with Gasteiger partial charge < -0.3 is 5.11 Å². The number of rotatable bonds is 6. The molecular formula is C15H24O. The van der Waals surface area contributed by atoms with Crippen LogP contribution in [0, 0.1) is 0 Å². The fourth-order valence-corrected chi connectivity index (χ4v) is 1.82. The van der Waals surface area contributed by atoms with E-state index >= 15 is 0 Å². The normalized spacial score (nSPS) is 13.1. The lowest BCUT2D eigenvalue weighted by Crippen LogP contribution is -2.04. The maximum absolute atomic E-state index is 9.45. The largest absolute Gasteiger partial charge is 0.393 e. The van der Waals surface area contributed by atoms with E-state index in [1.165, 1.54) is 11.1 Å². The van der Waals surface area contributed by atoms with Crippen molar-refractivity contribution in [3.8, 4) is 0 Å². The SMILES string of the molecule is CCC(O)CCCc1ccc(C(C)C)cc1. The molecule has 0 saturated heterocycles. The van der Waals surface area contributed by atoms with E-state index in [9.17, 15) is 5.11 Å². The number of aliphatic hydroxyl groups excluding tert-OH is 1. The smallest absolute Gasteiger partial charge is 0.0537 e. The Balaban J connectivity index is 2.38. The molecule has 1 heteroatoms. The van der Waals surface area contributed by atoms with Crippen molar-refractivity contribution >= 4 is 0 Å². The average molecular weight is 220 g/mol. The molecule has 1 unspecified atom stereocenters. The average Bonchev–Trinajstić information content (AvgIpc) is 2.29. The molecule has 0 aliphatic heterocycles. The van der Waals surface area contributed by atoms with Gasteiger partial charge in [0, 0.05) is 0 Å². The number of aliphatic hydroxyl groups is 1. The molecule has 0 amide bonds. The molecular weight excluding hydrogens is 196 g/mol. The van der Waals surface area contributed by atoms with Gasteiger partial charge in [-0.1, -0.05) is 45.0 Å². The van der Waals surface area contributed by atoms with E-state index < -0.39 is 0 Å². The highest BCUT2D eigenvalue weighted by Crippen LogP contribution is 2.16. The molecule has 1 N–H and O–H groups in total. The van der Waals surface area contributed by atoms with Crippen molar-refractivity contribution in [2.24, 2.45) is 0 Å². The Kier molecular flexibility index (Phi) is 5.54. The Labute approximate surface area is 99.5 Å². The van der Waals surface area contributed by atoms with Crippen LogP contribution in [0.15, 0.2) is 24.3 Å². The molecule has 1 atom stereocenters. The Hall–Kier alpha value is -0.820. The van der Waals surface area contributed by atoms with Gasteiger partial charge in [0.25, 0.3) is 0 Å². The summed E-state index contributed by atoms with van der Waals surface area (Å²) in [5.74, 6) is 0.607. The zero-order chi connectivity index (χ0) is 12.0. The van der Waals surface area contributed by atoms with Gasteiger partial charge in [-0.2, -0.15) is 0 Å². The molecule has 0 radical (unpaired) electrons. The third-order valence-corrected chi connectivity index (χ3v) is 3.12. The van der Waals surface area contributed by atoms with Crippen LogP contribution in [-0.2, 0) is 6.42 Å². The maximum Gasteiger partial charge on any atom is 0.0537 e. The molecule has 0 saturated carbocycles. The lowest BCUT2D eigenvalue weighted by atomic mass is 9.99. The van der Waals surface area contributed by atoms with Gasteiger partial charge in [0.2, 0.25) is 0 Å². The fourth-order valence-electron chi connectivity index (χ4n) is 1.82. The van der Waals surface area contributed by atoms with Crippen LogP contribution in [0.1, 0.15) is 57.1 Å². The zero-order valence-electron chi connectivity index (χ0n) is 10.7. The number of benzene rings is 1. The van der Waals surface area contributed by atoms with Crippen LogP contribution in [0.2, 0.25) is 0 Å². The summed E-state index contributed by atoms with van der Waals surface area (Å²) in [6.07, 6.45) is 3.83. The standard InChI is InChI=1S/C15H24O/c1-4-15(16)7-5-6-13-8-10-14(11-9-13)12(2)3/h8-12,15-16H,4-7H2,1-3H3. The first kappa shape index (κ1) is 13.2. The molecule has 1 aromatic rings. The molecule has 0 aliphatic rings. The van der Waals surface area contributed by atoms with Crippen molar-refractivity contribution in [1.29, 1.82) is 0 Å². The van der Waals surface area contributed by atoms with Gasteiger partial charge in [0.15, 0.2) is 0 Å². The van der Waals surface area contributed by atoms with Crippen molar-refractivity contribution in [2.75, 3.05) is 0 Å². The van der Waals surface area contributed by atoms with E-state index in [-0.39, 0.29) is 6.10 Å². The van der Waals surface area contributed by atoms with Crippen LogP contribution >= 0.6 is 0 Å². The van der Waals surface area contributed by atoms with Crippen molar-refractivity contribution in [2.45, 2.75) is 58.5 Å². The monoisotopic (exact) mass is 220 g/mol. The summed E-state index contributed by atoms with van der Waals surface area (Å²) < 4.78 is 0. The minimum Gasteiger partial charge on any atom is -0.393 e. The minimum absolute atomic E-state index is 0.116. The highest BCUT2D eigenvalue weighted by Gasteiger charge is 2.02. The lowest BCUT2D eigenvalue weighted by molar-refractivity contribution is 0.158. The second kappa shape index (κ2) is 6.70. The second-order valence-corrected chi connectivity index (χ2v) is 4.85. The van der Waals surface area contributed by atoms with Gasteiger partial charge in [-0.05, 0) is 42.7 Å². The highest BCUT2D eigenvalue weighted by atomic mass is 16.3. The topological polar surface area (TPSA) is 20.2 Å². The van der Waals surface area contributed by atoms with Crippen LogP contribution in [-0.4, -0.2) is 11.2 Å². The van der Waals surface area contributed by atoms with Crippen molar-refractivity contribution in [3.63, 3.8) is 0 Å². The quantitative estimate of drug-likeness (QED) is 0.770. The van der Waals surface area contributed by atoms with E-state index in [1.54, 1.807) is 0 Å². The molecule has 0 spiro atoms. The highest BCUT2D eigenvalue weighted by molar-refractivity contribution is 5.24. The summed E-state index contributed by atoms with van der Waals surface area (Å²) in [6.45, 7) is 6.46. The van der Waals surface area contributed by atoms with Gasteiger partial charge in [-0.25, -0.2) is 0 Å². The Morgan fingerprint density at radius 1 is 1.12 bits per heavy atom. The zero-order valence-corrected chi connectivity index (χ0v) is 10.7. The van der Waals surface area contributed by atoms with Gasteiger partial charge in [-0.15, -0.1) is 0 Å². The number of hydrogen-bond acceptors (Lipinski definition) is 1. The van der Waals surface area contributed by atoms with Crippen LogP contribution in [0.25, 0.3) is 0 Å². The number of aryl methyl sites for hydroxylation is 1. The molecule has 1 rings (SSSR count). The summed E-state index contributed by atoms with van der Waals surface area (Å²) in [4.78, 5) is 0. The first-order valence-electron chi connectivity index (χ1n) is 6.40. The van der Waals surface area contributed by atoms with Crippen LogP contribution in [0.4, 0.5) is 0 Å². The molecule has 0 fully saturated rings. The molecule has 1 nitrogen and oxygen atoms in total. The van der Waals surface area contributed by atoms with Crippen molar-refractivity contribution in [1.82, 2.24) is 0 Å². The van der Waals surface area contributed by atoms with E-state index in [0.717, 1.165) is 25.7 Å². The molecule has 16 heavy (non-hydrogen) atoms. The molecule has 0 heterocycles. The summed E-state index contributed by atoms with van der Waals surface area (Å²) in [6, 6.07) is 8.87. The third kappa shape index (κ3) is 4.36. The molecule has 0 aliphatic carbocycles. The van der Waals surface area contributed by atoms with Crippen LogP contribution < -0.4 is 0 Å². The fraction of sp³-hybridized carbons (Fsp3) is 0.600. The minimum atomic E-state index is -0.116. The summed E-state index contributed by atoms with van der Waals surface area (Å²) >= 11 is 0. The van der Waals surface area contributed by atoms with Gasteiger partial charge in [-0.3, -0.25) is 0 Å². The second-order valence-electron chi connectivity index (χ2n) is 4.85. The van der Waals surface area contributed by atoms with E-state index in [2.05, 4.69) is 38.1 Å². The van der Waals surface area contributed by atoms with Crippen LogP contribution in [0.3, 0.4) is 0 Å². The van der Waals surface area contributed by atoms with E-state index in [1.807, 2.05) is 6.92 Å². The summed E-state index contributed by atoms with van der Waals surface area (Å²) in [5.41, 5.74) is 2.78. The lowest BCUT2D eigenvalue weighted by Gasteiger charge is -2.08. The molecule has 0 aromatic heterocycles. The van der Waals surface area contributed by atoms with Crippen molar-refractivity contribution in [3.05, 3.63) is 35.4 Å². The molecule has 1 aromatic carbocycles. The molecule has 0 bridgehead atoms. The Morgan fingerprint density at radius 2 is 1.75 bits per heavy atom. The van der Waals surface area contributed by atoms with E-state index in [4.69, 9.17) is 0 Å². The van der Waals surface area contributed by atoms with Gasteiger partial charge >= 0.3 is 0 Å². The predicted octanol–water partition coefficient (Wildman–Crippen LogP) is 3.90. The first-order chi connectivity index (χ1) is 7.63. The van der Waals surface area contributed by atoms with Gasteiger partial charge in [0.05, 0.1) is 6.10 Å². The third-order valence-electron chi connectivity index (χ3n) is 3.12. The summed E-state index contributed by atoms with van der Waals surface area (Å²) in [7, 11) is 0. The van der Waals surface area contributed by atoms with Gasteiger partial charge in [0.1, 0.15) is 0 Å². The summed E-state index contributed by atoms with van der Waals surface area (Å²) in [5, 5.41) is 9.45. The van der Waals surface area contributed by atoms with Crippen LogP contribution in [0.5, 0.6) is 0 Å².